The van der Waals surface area contributed by atoms with Crippen LogP contribution in [0.25, 0.3) is 0 Å². The van der Waals surface area contributed by atoms with Gasteiger partial charge in [0.1, 0.15) is 24.0 Å². The number of esters is 1. The summed E-state index contributed by atoms with van der Waals surface area (Å²) in [5.74, 6) is -0.0182. The van der Waals surface area contributed by atoms with Crippen molar-refractivity contribution in [2.24, 2.45) is 0 Å². The van der Waals surface area contributed by atoms with Crippen LogP contribution in [0.5, 0.6) is 5.75 Å². The van der Waals surface area contributed by atoms with Crippen molar-refractivity contribution in [3.05, 3.63) is 23.8 Å². The van der Waals surface area contributed by atoms with Crippen molar-refractivity contribution in [3.63, 3.8) is 0 Å². The second-order valence-corrected chi connectivity index (χ2v) is 4.81. The summed E-state index contributed by atoms with van der Waals surface area (Å²) in [7, 11) is 3.51. The lowest BCUT2D eigenvalue weighted by Crippen LogP contribution is -2.42. The summed E-state index contributed by atoms with van der Waals surface area (Å²) in [6.07, 6.45) is -0.0857. The van der Waals surface area contributed by atoms with Crippen molar-refractivity contribution < 1.29 is 19.0 Å². The van der Waals surface area contributed by atoms with Crippen LogP contribution < -0.4 is 10.5 Å². The highest BCUT2D eigenvalue weighted by molar-refractivity contribution is 5.93. The van der Waals surface area contributed by atoms with Gasteiger partial charge in [-0.05, 0) is 19.2 Å². The predicted molar refractivity (Wildman–Crippen MR) is 74.9 cm³/mol. The second kappa shape index (κ2) is 6.58. The van der Waals surface area contributed by atoms with E-state index in [0.717, 1.165) is 13.1 Å². The molecule has 1 fully saturated rings. The highest BCUT2D eigenvalue weighted by Crippen LogP contribution is 2.22. The summed E-state index contributed by atoms with van der Waals surface area (Å²) in [4.78, 5) is 14.2. The first-order valence-electron chi connectivity index (χ1n) is 6.51. The number of anilines is 1. The van der Waals surface area contributed by atoms with Crippen LogP contribution in [0.3, 0.4) is 0 Å². The summed E-state index contributed by atoms with van der Waals surface area (Å²) >= 11 is 0. The van der Waals surface area contributed by atoms with E-state index in [9.17, 15) is 4.79 Å². The topological polar surface area (TPSA) is 74.0 Å². The van der Waals surface area contributed by atoms with Crippen LogP contribution in [0.15, 0.2) is 18.2 Å². The van der Waals surface area contributed by atoms with Crippen LogP contribution in [0.4, 0.5) is 5.69 Å². The van der Waals surface area contributed by atoms with Gasteiger partial charge in [-0.3, -0.25) is 0 Å². The molecule has 0 radical (unpaired) electrons. The van der Waals surface area contributed by atoms with E-state index in [4.69, 9.17) is 19.9 Å². The Morgan fingerprint density at radius 1 is 1.55 bits per heavy atom. The van der Waals surface area contributed by atoms with Gasteiger partial charge in [0.05, 0.1) is 13.7 Å². The average molecular weight is 280 g/mol. The van der Waals surface area contributed by atoms with Gasteiger partial charge in [0, 0.05) is 24.8 Å². The molecule has 1 heterocycles. The van der Waals surface area contributed by atoms with Crippen LogP contribution in [0, 0.1) is 0 Å². The number of methoxy groups -OCH3 is 1. The van der Waals surface area contributed by atoms with Gasteiger partial charge in [0.25, 0.3) is 0 Å². The first kappa shape index (κ1) is 14.6. The quantitative estimate of drug-likeness (QED) is 0.648. The smallest absolute Gasteiger partial charge is 0.342 e. The average Bonchev–Trinajstić information content (AvgIpc) is 2.44. The molecule has 0 spiro atoms. The van der Waals surface area contributed by atoms with E-state index >= 15 is 0 Å². The zero-order valence-electron chi connectivity index (χ0n) is 11.8. The van der Waals surface area contributed by atoms with Gasteiger partial charge in [0.2, 0.25) is 0 Å². The zero-order chi connectivity index (χ0) is 14.5. The number of nitrogen functional groups attached to an aromatic ring is 1. The molecule has 6 nitrogen and oxygen atoms in total. The van der Waals surface area contributed by atoms with Gasteiger partial charge < -0.3 is 24.8 Å². The lowest BCUT2D eigenvalue weighted by Gasteiger charge is -2.29. The monoisotopic (exact) mass is 280 g/mol. The summed E-state index contributed by atoms with van der Waals surface area (Å²) < 4.78 is 16.0. The number of carbonyl (C=O) groups excluding carboxylic acids is 1. The first-order chi connectivity index (χ1) is 9.60. The Bertz CT molecular complexity index is 478. The molecule has 1 aromatic rings. The molecule has 1 aromatic carbocycles. The second-order valence-electron chi connectivity index (χ2n) is 4.81. The molecule has 1 atom stereocenters. The van der Waals surface area contributed by atoms with Crippen molar-refractivity contribution in [2.45, 2.75) is 6.10 Å². The minimum absolute atomic E-state index is 0.0857. The van der Waals surface area contributed by atoms with E-state index in [2.05, 4.69) is 4.90 Å². The van der Waals surface area contributed by atoms with E-state index in [1.54, 1.807) is 18.2 Å². The van der Waals surface area contributed by atoms with E-state index in [1.165, 1.54) is 7.11 Å². The Morgan fingerprint density at radius 2 is 2.35 bits per heavy atom. The van der Waals surface area contributed by atoms with Gasteiger partial charge >= 0.3 is 5.97 Å². The summed E-state index contributed by atoms with van der Waals surface area (Å²) in [6, 6.07) is 4.84. The fraction of sp³-hybridized carbons (Fsp3) is 0.500. The number of benzene rings is 1. The Hall–Kier alpha value is -1.79. The molecular weight excluding hydrogens is 260 g/mol. The van der Waals surface area contributed by atoms with Crippen molar-refractivity contribution in [1.29, 1.82) is 0 Å². The summed E-state index contributed by atoms with van der Waals surface area (Å²) in [5, 5.41) is 0. The molecule has 0 aliphatic carbocycles. The lowest BCUT2D eigenvalue weighted by atomic mass is 10.2. The number of ether oxygens (including phenoxy) is 3. The van der Waals surface area contributed by atoms with Gasteiger partial charge in [0.15, 0.2) is 0 Å². The van der Waals surface area contributed by atoms with Crippen LogP contribution in [-0.4, -0.2) is 57.4 Å². The molecule has 2 N–H and O–H groups in total. The highest BCUT2D eigenvalue weighted by Gasteiger charge is 2.21. The molecule has 2 rings (SSSR count). The molecule has 0 bridgehead atoms. The van der Waals surface area contributed by atoms with Crippen LogP contribution in [-0.2, 0) is 9.47 Å². The molecule has 0 saturated carbocycles. The van der Waals surface area contributed by atoms with Gasteiger partial charge in [-0.25, -0.2) is 4.79 Å². The van der Waals surface area contributed by atoms with Crippen LogP contribution in [0.1, 0.15) is 10.4 Å². The summed E-state index contributed by atoms with van der Waals surface area (Å²) in [6.45, 7) is 2.54. The molecule has 1 saturated heterocycles. The number of rotatable bonds is 4. The van der Waals surface area contributed by atoms with Crippen molar-refractivity contribution in [2.75, 3.05) is 46.2 Å². The minimum atomic E-state index is -0.432. The molecule has 1 aliphatic rings. The van der Waals surface area contributed by atoms with Crippen LogP contribution >= 0.6 is 0 Å². The third-order valence-electron chi connectivity index (χ3n) is 3.19. The molecule has 110 valence electrons. The molecule has 0 amide bonds. The predicted octanol–water partition coefficient (Wildman–Crippen LogP) is 0.765. The standard InChI is InChI=1S/C14H20N2O4/c1-16-5-6-19-11(8-16)9-20-14(17)12-4-3-10(15)7-13(12)18-2/h3-4,7,11H,5-6,8-9,15H2,1-2H3. The number of hydrogen-bond acceptors (Lipinski definition) is 6. The SMILES string of the molecule is COc1cc(N)ccc1C(=O)OCC1CN(C)CCO1. The maximum Gasteiger partial charge on any atom is 0.342 e. The van der Waals surface area contributed by atoms with Crippen molar-refractivity contribution in [3.8, 4) is 5.75 Å². The number of morpholine rings is 1. The largest absolute Gasteiger partial charge is 0.496 e. The van der Waals surface area contributed by atoms with Gasteiger partial charge in [-0.2, -0.15) is 0 Å². The van der Waals surface area contributed by atoms with E-state index < -0.39 is 5.97 Å². The maximum absolute atomic E-state index is 12.0. The number of likely N-dealkylation sites (N-methyl/N-ethyl adjacent to an activating group) is 1. The Labute approximate surface area is 118 Å². The Morgan fingerprint density at radius 3 is 3.05 bits per heavy atom. The molecule has 6 heteroatoms. The number of nitrogens with zero attached hydrogens (tertiary/aromatic N) is 1. The third kappa shape index (κ3) is 3.61. The number of carbonyl (C=O) groups is 1. The molecule has 1 unspecified atom stereocenters. The number of nitrogens with two attached hydrogens (primary N) is 1. The molecule has 0 aromatic heterocycles. The third-order valence-corrected chi connectivity index (χ3v) is 3.19. The fourth-order valence-corrected chi connectivity index (χ4v) is 2.09. The normalized spacial score (nSPS) is 19.6. The Kier molecular flexibility index (Phi) is 4.81. The minimum Gasteiger partial charge on any atom is -0.496 e. The molecular formula is C14H20N2O4. The molecule has 1 aliphatic heterocycles. The fourth-order valence-electron chi connectivity index (χ4n) is 2.09. The van der Waals surface area contributed by atoms with Gasteiger partial charge in [-0.15, -0.1) is 0 Å². The number of hydrogen-bond donors (Lipinski definition) is 1. The van der Waals surface area contributed by atoms with E-state index in [0.29, 0.717) is 23.6 Å². The summed E-state index contributed by atoms with van der Waals surface area (Å²) in [5.41, 5.74) is 6.56. The van der Waals surface area contributed by atoms with Gasteiger partial charge in [-0.1, -0.05) is 0 Å². The van der Waals surface area contributed by atoms with E-state index in [-0.39, 0.29) is 12.7 Å². The maximum atomic E-state index is 12.0. The zero-order valence-corrected chi connectivity index (χ0v) is 11.8. The lowest BCUT2D eigenvalue weighted by molar-refractivity contribution is -0.0529. The van der Waals surface area contributed by atoms with Crippen molar-refractivity contribution in [1.82, 2.24) is 4.90 Å². The van der Waals surface area contributed by atoms with Crippen molar-refractivity contribution >= 4 is 11.7 Å². The van der Waals surface area contributed by atoms with E-state index in [1.807, 2.05) is 7.05 Å². The highest BCUT2D eigenvalue weighted by atomic mass is 16.6. The first-order valence-corrected chi connectivity index (χ1v) is 6.51. The Balaban J connectivity index is 1.94. The van der Waals surface area contributed by atoms with Crippen LogP contribution in [0.2, 0.25) is 0 Å². The molecule has 20 heavy (non-hydrogen) atoms.